The molecular weight excluding hydrogens is 376 g/mol. The summed E-state index contributed by atoms with van der Waals surface area (Å²) in [7, 11) is 0. The number of nitrogens with one attached hydrogen (secondary N) is 1. The fraction of sp³-hybridized carbons (Fsp3) is 0.182. The molecular formula is C22H21ClN2OS. The number of thiazole rings is 1. The van der Waals surface area contributed by atoms with Crippen molar-refractivity contribution in [2.24, 2.45) is 0 Å². The highest BCUT2D eigenvalue weighted by Crippen LogP contribution is 2.22. The van der Waals surface area contributed by atoms with E-state index in [-0.39, 0.29) is 5.91 Å². The second-order valence-corrected chi connectivity index (χ2v) is 8.13. The summed E-state index contributed by atoms with van der Waals surface area (Å²) >= 11 is 7.38. The van der Waals surface area contributed by atoms with Gasteiger partial charge in [-0.25, -0.2) is 4.98 Å². The lowest BCUT2D eigenvalue weighted by Gasteiger charge is -2.04. The number of anilines is 1. The molecule has 0 fully saturated rings. The van der Waals surface area contributed by atoms with E-state index < -0.39 is 0 Å². The Morgan fingerprint density at radius 3 is 2.52 bits per heavy atom. The fourth-order valence-electron chi connectivity index (χ4n) is 2.56. The maximum atomic E-state index is 12.1. The quantitative estimate of drug-likeness (QED) is 0.507. The first-order chi connectivity index (χ1) is 13.0. The zero-order chi connectivity index (χ0) is 19.2. The van der Waals surface area contributed by atoms with Crippen LogP contribution in [0.2, 0.25) is 5.02 Å². The van der Waals surface area contributed by atoms with Crippen LogP contribution in [0.15, 0.2) is 60.8 Å². The molecule has 0 unspecified atom stereocenters. The normalized spacial score (nSPS) is 11.3. The minimum Gasteiger partial charge on any atom is -0.298 e. The number of nitrogens with zero attached hydrogens (tertiary/aromatic N) is 1. The first kappa shape index (κ1) is 19.3. The van der Waals surface area contributed by atoms with E-state index in [2.05, 4.69) is 36.3 Å². The number of rotatable bonds is 6. The summed E-state index contributed by atoms with van der Waals surface area (Å²) in [5, 5.41) is 4.14. The van der Waals surface area contributed by atoms with E-state index in [1.807, 2.05) is 42.5 Å². The van der Waals surface area contributed by atoms with E-state index in [4.69, 9.17) is 11.6 Å². The molecule has 27 heavy (non-hydrogen) atoms. The SMILES string of the molecule is CC(C)c1ccc(C=CC(=O)Nc2ncc(Cc3ccc(Cl)cc3)s2)cc1. The van der Waals surface area contributed by atoms with Crippen LogP contribution in [0.3, 0.4) is 0 Å². The van der Waals surface area contributed by atoms with Crippen LogP contribution in [0.1, 0.15) is 41.3 Å². The Balaban J connectivity index is 1.56. The maximum absolute atomic E-state index is 12.1. The van der Waals surface area contributed by atoms with E-state index in [0.717, 1.165) is 27.4 Å². The monoisotopic (exact) mass is 396 g/mol. The highest BCUT2D eigenvalue weighted by molar-refractivity contribution is 7.15. The molecule has 1 N–H and O–H groups in total. The van der Waals surface area contributed by atoms with E-state index in [9.17, 15) is 4.79 Å². The van der Waals surface area contributed by atoms with Crippen LogP contribution in [0.4, 0.5) is 5.13 Å². The number of carbonyl (C=O) groups excluding carboxylic acids is 1. The van der Waals surface area contributed by atoms with E-state index >= 15 is 0 Å². The molecule has 0 spiro atoms. The van der Waals surface area contributed by atoms with Crippen LogP contribution in [0, 0.1) is 0 Å². The molecule has 0 aliphatic carbocycles. The Morgan fingerprint density at radius 2 is 1.85 bits per heavy atom. The standard InChI is InChI=1S/C22H21ClN2OS/c1-15(2)18-8-3-16(4-9-18)7-12-21(26)25-22-24-14-20(27-22)13-17-5-10-19(23)11-6-17/h3-12,14-15H,13H2,1-2H3,(H,24,25,26). The third-order valence-corrected chi connectivity index (χ3v) is 5.27. The average Bonchev–Trinajstić information content (AvgIpc) is 3.09. The lowest BCUT2D eigenvalue weighted by molar-refractivity contribution is -0.111. The van der Waals surface area contributed by atoms with Crippen LogP contribution in [-0.4, -0.2) is 10.9 Å². The number of benzene rings is 2. The number of hydrogen-bond acceptors (Lipinski definition) is 3. The molecule has 0 saturated carbocycles. The highest BCUT2D eigenvalue weighted by atomic mass is 35.5. The molecule has 3 rings (SSSR count). The largest absolute Gasteiger partial charge is 0.298 e. The van der Waals surface area contributed by atoms with Gasteiger partial charge < -0.3 is 0 Å². The Kier molecular flexibility index (Phi) is 6.43. The Morgan fingerprint density at radius 1 is 1.15 bits per heavy atom. The second kappa shape index (κ2) is 8.98. The minimum atomic E-state index is -0.185. The van der Waals surface area contributed by atoms with Gasteiger partial charge in [-0.2, -0.15) is 0 Å². The predicted molar refractivity (Wildman–Crippen MR) is 115 cm³/mol. The van der Waals surface area contributed by atoms with Crippen molar-refractivity contribution in [3.05, 3.63) is 87.4 Å². The van der Waals surface area contributed by atoms with Crippen molar-refractivity contribution < 1.29 is 4.79 Å². The topological polar surface area (TPSA) is 42.0 Å². The summed E-state index contributed by atoms with van der Waals surface area (Å²) in [6.07, 6.45) is 5.90. The van der Waals surface area contributed by atoms with Gasteiger partial charge in [0.1, 0.15) is 0 Å². The molecule has 0 radical (unpaired) electrons. The van der Waals surface area contributed by atoms with Gasteiger partial charge >= 0.3 is 0 Å². The molecule has 3 aromatic rings. The first-order valence-electron chi connectivity index (χ1n) is 8.78. The number of hydrogen-bond donors (Lipinski definition) is 1. The summed E-state index contributed by atoms with van der Waals surface area (Å²) < 4.78 is 0. The molecule has 1 aromatic heterocycles. The lowest BCUT2D eigenvalue weighted by Crippen LogP contribution is -2.07. The number of amides is 1. The van der Waals surface area contributed by atoms with E-state index in [1.165, 1.54) is 23.0 Å². The zero-order valence-corrected chi connectivity index (χ0v) is 16.8. The van der Waals surface area contributed by atoms with Crippen LogP contribution in [-0.2, 0) is 11.2 Å². The molecule has 5 heteroatoms. The fourth-order valence-corrected chi connectivity index (χ4v) is 3.54. The van der Waals surface area contributed by atoms with Crippen LogP contribution in [0.25, 0.3) is 6.08 Å². The van der Waals surface area contributed by atoms with E-state index in [0.29, 0.717) is 11.0 Å². The Labute approximate surface area is 168 Å². The van der Waals surface area contributed by atoms with Crippen molar-refractivity contribution in [1.29, 1.82) is 0 Å². The van der Waals surface area contributed by atoms with Gasteiger partial charge in [0.2, 0.25) is 5.91 Å². The summed E-state index contributed by atoms with van der Waals surface area (Å²) in [5.74, 6) is 0.314. The molecule has 3 nitrogen and oxygen atoms in total. The highest BCUT2D eigenvalue weighted by Gasteiger charge is 2.06. The zero-order valence-electron chi connectivity index (χ0n) is 15.3. The van der Waals surface area contributed by atoms with Crippen molar-refractivity contribution in [2.75, 3.05) is 5.32 Å². The van der Waals surface area contributed by atoms with Gasteiger partial charge in [0.25, 0.3) is 0 Å². The Bertz CT molecular complexity index is 928. The second-order valence-electron chi connectivity index (χ2n) is 6.58. The molecule has 138 valence electrons. The van der Waals surface area contributed by atoms with Gasteiger partial charge in [-0.1, -0.05) is 61.8 Å². The summed E-state index contributed by atoms with van der Waals surface area (Å²) in [4.78, 5) is 17.5. The van der Waals surface area contributed by atoms with Crippen molar-refractivity contribution in [3.63, 3.8) is 0 Å². The first-order valence-corrected chi connectivity index (χ1v) is 9.97. The molecule has 0 saturated heterocycles. The van der Waals surface area contributed by atoms with Gasteiger partial charge in [0.05, 0.1) is 0 Å². The van der Waals surface area contributed by atoms with E-state index in [1.54, 1.807) is 6.20 Å². The van der Waals surface area contributed by atoms with Gasteiger partial charge in [0.15, 0.2) is 5.13 Å². The van der Waals surface area contributed by atoms with Crippen molar-refractivity contribution in [3.8, 4) is 0 Å². The number of aromatic nitrogens is 1. The van der Waals surface area contributed by atoms with Gasteiger partial charge in [-0.3, -0.25) is 10.1 Å². The third kappa shape index (κ3) is 5.78. The maximum Gasteiger partial charge on any atom is 0.250 e. The average molecular weight is 397 g/mol. The molecule has 0 aliphatic heterocycles. The minimum absolute atomic E-state index is 0.185. The van der Waals surface area contributed by atoms with Crippen LogP contribution < -0.4 is 5.32 Å². The van der Waals surface area contributed by atoms with Crippen LogP contribution >= 0.6 is 22.9 Å². The lowest BCUT2D eigenvalue weighted by atomic mass is 10.0. The molecule has 2 aromatic carbocycles. The van der Waals surface area contributed by atoms with Gasteiger partial charge in [-0.15, -0.1) is 11.3 Å². The van der Waals surface area contributed by atoms with Crippen LogP contribution in [0.5, 0.6) is 0 Å². The molecule has 1 amide bonds. The molecule has 0 atom stereocenters. The summed E-state index contributed by atoms with van der Waals surface area (Å²) in [6, 6.07) is 16.0. The van der Waals surface area contributed by atoms with Crippen molar-refractivity contribution in [1.82, 2.24) is 4.98 Å². The number of halogens is 1. The van der Waals surface area contributed by atoms with Gasteiger partial charge in [-0.05, 0) is 40.8 Å². The molecule has 1 heterocycles. The van der Waals surface area contributed by atoms with Gasteiger partial charge in [0, 0.05) is 28.6 Å². The summed E-state index contributed by atoms with van der Waals surface area (Å²) in [6.45, 7) is 4.32. The van der Waals surface area contributed by atoms with Crippen molar-refractivity contribution in [2.45, 2.75) is 26.2 Å². The number of carbonyl (C=O) groups is 1. The third-order valence-electron chi connectivity index (χ3n) is 4.11. The Hall–Kier alpha value is -2.43. The smallest absolute Gasteiger partial charge is 0.250 e. The summed E-state index contributed by atoms with van der Waals surface area (Å²) in [5.41, 5.74) is 3.44. The predicted octanol–water partition coefficient (Wildman–Crippen LogP) is 6.16. The van der Waals surface area contributed by atoms with Crippen molar-refractivity contribution >= 4 is 40.1 Å². The molecule has 0 bridgehead atoms. The molecule has 0 aliphatic rings.